The fraction of sp³-hybridized carbons (Fsp3) is 0.111. The maximum absolute atomic E-state index is 13.1. The van der Waals surface area contributed by atoms with Crippen molar-refractivity contribution in [2.45, 2.75) is 6.92 Å². The fourth-order valence-corrected chi connectivity index (χ4v) is 1.85. The number of nitriles is 1. The molecule has 0 saturated heterocycles. The Morgan fingerprint density at radius 3 is 2.78 bits per heavy atom. The Morgan fingerprint density at radius 1 is 1.26 bits per heavy atom. The van der Waals surface area contributed by atoms with Crippen molar-refractivity contribution in [2.24, 2.45) is 0 Å². The van der Waals surface area contributed by atoms with Gasteiger partial charge in [-0.2, -0.15) is 5.26 Å². The van der Waals surface area contributed by atoms with E-state index in [0.29, 0.717) is 23.5 Å². The van der Waals surface area contributed by atoms with Crippen LogP contribution in [0.5, 0.6) is 11.5 Å². The van der Waals surface area contributed by atoms with Crippen molar-refractivity contribution in [2.75, 3.05) is 6.61 Å². The van der Waals surface area contributed by atoms with E-state index in [1.165, 1.54) is 42.5 Å². The Bertz CT molecular complexity index is 778. The van der Waals surface area contributed by atoms with E-state index in [2.05, 4.69) is 0 Å². The maximum Gasteiger partial charge on any atom is 0.336 e. The van der Waals surface area contributed by atoms with E-state index >= 15 is 0 Å². The summed E-state index contributed by atoms with van der Waals surface area (Å²) < 4.78 is 23.6. The molecule has 0 saturated carbocycles. The van der Waals surface area contributed by atoms with Crippen LogP contribution in [0.1, 0.15) is 18.1 Å². The van der Waals surface area contributed by atoms with Gasteiger partial charge in [0.15, 0.2) is 11.5 Å². The molecule has 116 valence electrons. The highest BCUT2D eigenvalue weighted by Gasteiger charge is 2.09. The first-order chi connectivity index (χ1) is 11.1. The monoisotopic (exact) mass is 311 g/mol. The van der Waals surface area contributed by atoms with E-state index in [1.807, 2.05) is 6.07 Å². The minimum absolute atomic E-state index is 0.222. The minimum Gasteiger partial charge on any atom is -0.490 e. The van der Waals surface area contributed by atoms with Gasteiger partial charge in [-0.05, 0) is 42.8 Å². The molecule has 0 aliphatic carbocycles. The summed E-state index contributed by atoms with van der Waals surface area (Å²) in [7, 11) is 0. The topological polar surface area (TPSA) is 59.3 Å². The summed E-state index contributed by atoms with van der Waals surface area (Å²) in [5.41, 5.74) is 0.954. The van der Waals surface area contributed by atoms with Crippen LogP contribution in [-0.4, -0.2) is 12.6 Å². The maximum atomic E-state index is 13.1. The third-order valence-corrected chi connectivity index (χ3v) is 2.84. The van der Waals surface area contributed by atoms with Gasteiger partial charge in [0.05, 0.1) is 18.2 Å². The van der Waals surface area contributed by atoms with Crippen molar-refractivity contribution in [1.82, 2.24) is 0 Å². The highest BCUT2D eigenvalue weighted by atomic mass is 19.1. The van der Waals surface area contributed by atoms with E-state index in [4.69, 9.17) is 14.7 Å². The average molecular weight is 311 g/mol. The van der Waals surface area contributed by atoms with Gasteiger partial charge < -0.3 is 9.47 Å². The van der Waals surface area contributed by atoms with E-state index in [0.717, 1.165) is 0 Å². The molecule has 0 bridgehead atoms. The summed E-state index contributed by atoms with van der Waals surface area (Å²) in [6.45, 7) is 2.16. The number of benzene rings is 2. The van der Waals surface area contributed by atoms with Gasteiger partial charge in [-0.25, -0.2) is 9.18 Å². The average Bonchev–Trinajstić information content (AvgIpc) is 2.55. The van der Waals surface area contributed by atoms with Crippen molar-refractivity contribution >= 4 is 12.0 Å². The molecule has 2 rings (SSSR count). The molecule has 0 amide bonds. The van der Waals surface area contributed by atoms with Crippen LogP contribution in [0.3, 0.4) is 0 Å². The second-order valence-electron chi connectivity index (χ2n) is 4.52. The van der Waals surface area contributed by atoms with Crippen molar-refractivity contribution < 1.29 is 18.7 Å². The van der Waals surface area contributed by atoms with Crippen LogP contribution >= 0.6 is 0 Å². The number of rotatable bonds is 5. The fourth-order valence-electron chi connectivity index (χ4n) is 1.85. The van der Waals surface area contributed by atoms with E-state index in [9.17, 15) is 9.18 Å². The number of carbonyl (C=O) groups excluding carboxylic acids is 1. The first-order valence-corrected chi connectivity index (χ1v) is 6.94. The second kappa shape index (κ2) is 7.76. The van der Waals surface area contributed by atoms with Gasteiger partial charge >= 0.3 is 5.97 Å². The lowest BCUT2D eigenvalue weighted by atomic mass is 10.2. The molecule has 4 nitrogen and oxygen atoms in total. The molecular formula is C18H14FNO3. The number of ether oxygens (including phenoxy) is 2. The number of halogens is 1. The number of carbonyl (C=O) groups is 1. The standard InChI is InChI=1S/C18H14FNO3/c1-2-22-17-11-14(12-20)6-8-16(17)23-18(21)9-7-13-4-3-5-15(19)10-13/h3-11H,2H2,1H3/b9-7+. The predicted molar refractivity (Wildman–Crippen MR) is 83.4 cm³/mol. The molecule has 0 unspecified atom stereocenters. The molecule has 0 aliphatic heterocycles. The quantitative estimate of drug-likeness (QED) is 0.480. The van der Waals surface area contributed by atoms with Crippen LogP contribution < -0.4 is 9.47 Å². The third-order valence-electron chi connectivity index (χ3n) is 2.84. The molecule has 2 aromatic carbocycles. The largest absolute Gasteiger partial charge is 0.490 e. The number of hydrogen-bond donors (Lipinski definition) is 0. The lowest BCUT2D eigenvalue weighted by molar-refractivity contribution is -0.129. The normalized spacial score (nSPS) is 10.3. The predicted octanol–water partition coefficient (Wildman–Crippen LogP) is 3.71. The van der Waals surface area contributed by atoms with Crippen molar-refractivity contribution in [3.8, 4) is 17.6 Å². The molecular weight excluding hydrogens is 297 g/mol. The Kier molecular flexibility index (Phi) is 5.48. The number of nitrogens with zero attached hydrogens (tertiary/aromatic N) is 1. The molecule has 0 heterocycles. The summed E-state index contributed by atoms with van der Waals surface area (Å²) in [4.78, 5) is 11.9. The second-order valence-corrected chi connectivity index (χ2v) is 4.52. The minimum atomic E-state index is -0.625. The van der Waals surface area contributed by atoms with Crippen LogP contribution in [0.2, 0.25) is 0 Å². The highest BCUT2D eigenvalue weighted by molar-refractivity contribution is 5.89. The first kappa shape index (κ1) is 16.2. The number of esters is 1. The Labute approximate surface area is 133 Å². The van der Waals surface area contributed by atoms with Gasteiger partial charge in [0.25, 0.3) is 0 Å². The summed E-state index contributed by atoms with van der Waals surface area (Å²) in [6, 6.07) is 12.4. The van der Waals surface area contributed by atoms with Crippen LogP contribution in [-0.2, 0) is 4.79 Å². The van der Waals surface area contributed by atoms with E-state index < -0.39 is 5.97 Å². The van der Waals surface area contributed by atoms with Crippen LogP contribution in [0, 0.1) is 17.1 Å². The summed E-state index contributed by atoms with van der Waals surface area (Å²) in [6.07, 6.45) is 2.65. The van der Waals surface area contributed by atoms with Crippen LogP contribution in [0.4, 0.5) is 4.39 Å². The summed E-state index contributed by atoms with van der Waals surface area (Å²) in [5.74, 6) is -0.468. The molecule has 0 fully saturated rings. The SMILES string of the molecule is CCOc1cc(C#N)ccc1OC(=O)/C=C/c1cccc(F)c1. The third kappa shape index (κ3) is 4.68. The van der Waals surface area contributed by atoms with Crippen LogP contribution in [0.25, 0.3) is 6.08 Å². The zero-order valence-corrected chi connectivity index (χ0v) is 12.5. The number of hydrogen-bond acceptors (Lipinski definition) is 4. The molecule has 0 radical (unpaired) electrons. The van der Waals surface area contributed by atoms with Gasteiger partial charge in [-0.1, -0.05) is 12.1 Å². The Morgan fingerprint density at radius 2 is 2.09 bits per heavy atom. The lowest BCUT2D eigenvalue weighted by Gasteiger charge is -2.09. The first-order valence-electron chi connectivity index (χ1n) is 6.94. The highest BCUT2D eigenvalue weighted by Crippen LogP contribution is 2.28. The van der Waals surface area contributed by atoms with E-state index in [1.54, 1.807) is 19.1 Å². The van der Waals surface area contributed by atoms with Gasteiger partial charge in [-0.3, -0.25) is 0 Å². The molecule has 0 spiro atoms. The van der Waals surface area contributed by atoms with E-state index in [-0.39, 0.29) is 11.6 Å². The molecule has 2 aromatic rings. The van der Waals surface area contributed by atoms with Gasteiger partial charge in [0.2, 0.25) is 0 Å². The van der Waals surface area contributed by atoms with Gasteiger partial charge in [0.1, 0.15) is 5.82 Å². The van der Waals surface area contributed by atoms with Crippen molar-refractivity contribution in [3.63, 3.8) is 0 Å². The molecule has 5 heteroatoms. The van der Waals surface area contributed by atoms with Crippen molar-refractivity contribution in [3.05, 3.63) is 65.5 Å². The molecule has 0 N–H and O–H groups in total. The molecule has 0 aromatic heterocycles. The van der Waals surface area contributed by atoms with Gasteiger partial charge in [0, 0.05) is 12.1 Å². The lowest BCUT2D eigenvalue weighted by Crippen LogP contribution is -2.06. The zero-order valence-electron chi connectivity index (χ0n) is 12.5. The summed E-state index contributed by atoms with van der Waals surface area (Å²) >= 11 is 0. The molecule has 0 atom stereocenters. The Balaban J connectivity index is 2.12. The summed E-state index contributed by atoms with van der Waals surface area (Å²) in [5, 5.41) is 8.88. The Hall–Kier alpha value is -3.13. The molecule has 0 aliphatic rings. The zero-order chi connectivity index (χ0) is 16.7. The van der Waals surface area contributed by atoms with Gasteiger partial charge in [-0.15, -0.1) is 0 Å². The smallest absolute Gasteiger partial charge is 0.336 e. The van der Waals surface area contributed by atoms with Crippen molar-refractivity contribution in [1.29, 1.82) is 5.26 Å². The van der Waals surface area contributed by atoms with Crippen LogP contribution in [0.15, 0.2) is 48.5 Å². The molecule has 23 heavy (non-hydrogen) atoms.